The number of carbonyl (C=O) groups excluding carboxylic acids is 3. The SMILES string of the molecule is O=C(Nc1cc2c(c3c1C(O)(c1cc(F)ccc1Cl)NC3=O)NC(=O)C(F)(F)O2)c1cc(F)cc(C(F)(F)F)c1. The van der Waals surface area contributed by atoms with Crippen molar-refractivity contribution < 1.29 is 55.0 Å². The van der Waals surface area contributed by atoms with Crippen LogP contribution in [0.3, 0.4) is 0 Å². The molecule has 8 nitrogen and oxygen atoms in total. The van der Waals surface area contributed by atoms with E-state index in [0.717, 1.165) is 12.1 Å². The van der Waals surface area contributed by atoms with Crippen molar-refractivity contribution in [2.24, 2.45) is 0 Å². The third-order valence-electron chi connectivity index (χ3n) is 5.97. The Morgan fingerprint density at radius 1 is 1.02 bits per heavy atom. The lowest BCUT2D eigenvalue weighted by molar-refractivity contribution is -0.189. The number of aliphatic hydroxyl groups is 1. The molecule has 2 aliphatic heterocycles. The van der Waals surface area contributed by atoms with Gasteiger partial charge in [0.2, 0.25) is 0 Å². The van der Waals surface area contributed by atoms with Crippen LogP contribution in [0.5, 0.6) is 5.75 Å². The molecule has 1 unspecified atom stereocenters. The monoisotopic (exact) mass is 589 g/mol. The number of hydrogen-bond acceptors (Lipinski definition) is 5. The summed E-state index contributed by atoms with van der Waals surface area (Å²) in [5.74, 6) is -7.95. The summed E-state index contributed by atoms with van der Waals surface area (Å²) in [6.45, 7) is 0. The van der Waals surface area contributed by atoms with Gasteiger partial charge < -0.3 is 25.8 Å². The number of halogens is 8. The second-order valence-electron chi connectivity index (χ2n) is 8.59. The summed E-state index contributed by atoms with van der Waals surface area (Å²) in [4.78, 5) is 37.8. The first-order valence-corrected chi connectivity index (χ1v) is 11.2. The molecule has 0 radical (unpaired) electrons. The van der Waals surface area contributed by atoms with Crippen molar-refractivity contribution in [1.29, 1.82) is 0 Å². The number of rotatable bonds is 3. The Morgan fingerprint density at radius 3 is 2.40 bits per heavy atom. The maximum absolute atomic E-state index is 14.1. The van der Waals surface area contributed by atoms with E-state index < -0.39 is 92.3 Å². The maximum Gasteiger partial charge on any atom is 0.482 e. The second-order valence-corrected chi connectivity index (χ2v) is 9.00. The number of anilines is 2. The number of nitrogens with one attached hydrogen (secondary N) is 3. The molecule has 16 heteroatoms. The Balaban J connectivity index is 1.73. The van der Waals surface area contributed by atoms with Gasteiger partial charge in [-0.25, -0.2) is 8.78 Å². The number of alkyl halides is 5. The van der Waals surface area contributed by atoms with E-state index in [4.69, 9.17) is 11.6 Å². The van der Waals surface area contributed by atoms with Crippen molar-refractivity contribution >= 4 is 40.7 Å². The fraction of sp³-hybridized carbons (Fsp3) is 0.125. The van der Waals surface area contributed by atoms with Crippen LogP contribution in [-0.2, 0) is 16.7 Å². The van der Waals surface area contributed by atoms with Crippen LogP contribution in [0.2, 0.25) is 5.02 Å². The summed E-state index contributed by atoms with van der Waals surface area (Å²) >= 11 is 6.11. The Hall–Kier alpha value is -4.37. The van der Waals surface area contributed by atoms with Gasteiger partial charge in [0.25, 0.3) is 11.8 Å². The van der Waals surface area contributed by atoms with Gasteiger partial charge in [0.05, 0.1) is 22.5 Å². The Morgan fingerprint density at radius 2 is 1.73 bits per heavy atom. The van der Waals surface area contributed by atoms with Crippen molar-refractivity contribution in [2.45, 2.75) is 18.0 Å². The molecule has 208 valence electrons. The standard InChI is InChI=1S/C24H11ClF7N3O5/c25-13-2-1-10(26)6-12(13)22(39)17-14(33-19(36)8-3-9(23(28,29)30)5-11(27)4-8)7-15-18(16(17)20(37)35-22)34-21(38)24(31,32)40-15/h1-7,39H,(H,33,36)(H,34,38)(H,35,37). The number of ether oxygens (including phenoxy) is 1. The van der Waals surface area contributed by atoms with E-state index in [0.29, 0.717) is 24.3 Å². The summed E-state index contributed by atoms with van der Waals surface area (Å²) in [5.41, 5.74) is -8.49. The van der Waals surface area contributed by atoms with E-state index in [2.05, 4.69) is 10.1 Å². The lowest BCUT2D eigenvalue weighted by atomic mass is 9.91. The maximum atomic E-state index is 14.1. The molecular formula is C24H11ClF7N3O5. The molecule has 0 spiro atoms. The van der Waals surface area contributed by atoms with Gasteiger partial charge in [-0.2, -0.15) is 22.0 Å². The second kappa shape index (κ2) is 8.82. The van der Waals surface area contributed by atoms with Crippen LogP contribution >= 0.6 is 11.6 Å². The smallest absolute Gasteiger partial charge is 0.423 e. The summed E-state index contributed by atoms with van der Waals surface area (Å²) in [7, 11) is 0. The minimum atomic E-state index is -5.05. The molecular weight excluding hydrogens is 579 g/mol. The number of carbonyl (C=O) groups is 3. The van der Waals surface area contributed by atoms with Crippen LogP contribution < -0.4 is 20.7 Å². The van der Waals surface area contributed by atoms with Crippen LogP contribution in [0.25, 0.3) is 0 Å². The van der Waals surface area contributed by atoms with E-state index in [9.17, 15) is 50.2 Å². The topological polar surface area (TPSA) is 117 Å². The Labute approximate surface area is 222 Å². The number of benzene rings is 3. The zero-order valence-corrected chi connectivity index (χ0v) is 19.9. The zero-order valence-electron chi connectivity index (χ0n) is 19.1. The third kappa shape index (κ3) is 4.36. The first kappa shape index (κ1) is 27.2. The molecule has 2 aliphatic rings. The molecule has 0 bridgehead atoms. The van der Waals surface area contributed by atoms with Gasteiger partial charge in [0, 0.05) is 27.8 Å². The third-order valence-corrected chi connectivity index (χ3v) is 6.30. The summed E-state index contributed by atoms with van der Waals surface area (Å²) in [5, 5.41) is 17.1. The van der Waals surface area contributed by atoms with Gasteiger partial charge in [0.15, 0.2) is 11.5 Å². The molecule has 3 aromatic rings. The van der Waals surface area contributed by atoms with Gasteiger partial charge in [-0.05, 0) is 36.4 Å². The van der Waals surface area contributed by atoms with E-state index in [1.54, 1.807) is 5.32 Å². The highest BCUT2D eigenvalue weighted by molar-refractivity contribution is 6.31. The molecule has 1 atom stereocenters. The lowest BCUT2D eigenvalue weighted by Crippen LogP contribution is -2.44. The largest absolute Gasteiger partial charge is 0.482 e. The van der Waals surface area contributed by atoms with E-state index in [1.807, 2.05) is 5.32 Å². The van der Waals surface area contributed by atoms with Crippen LogP contribution in [0.1, 0.15) is 37.4 Å². The first-order valence-electron chi connectivity index (χ1n) is 10.8. The van der Waals surface area contributed by atoms with Gasteiger partial charge in [-0.15, -0.1) is 0 Å². The van der Waals surface area contributed by atoms with Gasteiger partial charge in [0.1, 0.15) is 11.6 Å². The zero-order chi connectivity index (χ0) is 29.4. The molecule has 0 aromatic heterocycles. The molecule has 0 saturated heterocycles. The fourth-order valence-electron chi connectivity index (χ4n) is 4.28. The van der Waals surface area contributed by atoms with E-state index in [-0.39, 0.29) is 11.1 Å². The fourth-order valence-corrected chi connectivity index (χ4v) is 4.53. The molecule has 40 heavy (non-hydrogen) atoms. The minimum absolute atomic E-state index is 0.124. The number of fused-ring (bicyclic) bond motifs is 3. The van der Waals surface area contributed by atoms with Crippen LogP contribution in [0.15, 0.2) is 42.5 Å². The summed E-state index contributed by atoms with van der Waals surface area (Å²) < 4.78 is 100.0. The number of amides is 3. The predicted octanol–water partition coefficient (Wildman–Crippen LogP) is 4.75. The summed E-state index contributed by atoms with van der Waals surface area (Å²) in [6, 6.07) is 4.09. The summed E-state index contributed by atoms with van der Waals surface area (Å²) in [6.07, 6.45) is -9.50. The normalized spacial score (nSPS) is 19.2. The van der Waals surface area contributed by atoms with Crippen molar-refractivity contribution in [3.63, 3.8) is 0 Å². The Bertz CT molecular complexity index is 1650. The first-order chi connectivity index (χ1) is 18.5. The van der Waals surface area contributed by atoms with Gasteiger partial charge >= 0.3 is 18.2 Å². The number of hydrogen-bond donors (Lipinski definition) is 4. The van der Waals surface area contributed by atoms with Crippen LogP contribution in [-0.4, -0.2) is 28.9 Å². The molecule has 5 rings (SSSR count). The highest BCUT2D eigenvalue weighted by Crippen LogP contribution is 2.50. The molecule has 0 saturated carbocycles. The van der Waals surface area contributed by atoms with Crippen molar-refractivity contribution in [3.05, 3.63) is 86.9 Å². The van der Waals surface area contributed by atoms with E-state index >= 15 is 0 Å². The van der Waals surface area contributed by atoms with Crippen molar-refractivity contribution in [2.75, 3.05) is 10.6 Å². The highest BCUT2D eigenvalue weighted by Gasteiger charge is 2.53. The average molecular weight is 590 g/mol. The van der Waals surface area contributed by atoms with Crippen LogP contribution in [0, 0.1) is 11.6 Å². The predicted molar refractivity (Wildman–Crippen MR) is 122 cm³/mol. The molecule has 3 aromatic carbocycles. The molecule has 4 N–H and O–H groups in total. The average Bonchev–Trinajstić information content (AvgIpc) is 3.12. The van der Waals surface area contributed by atoms with Gasteiger partial charge in [-0.3, -0.25) is 14.4 Å². The molecule has 2 heterocycles. The quantitative estimate of drug-likeness (QED) is 0.329. The van der Waals surface area contributed by atoms with Crippen molar-refractivity contribution in [1.82, 2.24) is 5.32 Å². The molecule has 0 aliphatic carbocycles. The lowest BCUT2D eigenvalue weighted by Gasteiger charge is -2.30. The Kier molecular flexibility index (Phi) is 6.00. The highest BCUT2D eigenvalue weighted by atomic mass is 35.5. The minimum Gasteiger partial charge on any atom is -0.423 e. The van der Waals surface area contributed by atoms with Crippen LogP contribution in [0.4, 0.5) is 42.1 Å². The molecule has 3 amide bonds. The van der Waals surface area contributed by atoms with Crippen molar-refractivity contribution in [3.8, 4) is 5.75 Å². The molecule has 0 fully saturated rings. The van der Waals surface area contributed by atoms with E-state index in [1.165, 1.54) is 0 Å². The van der Waals surface area contributed by atoms with Gasteiger partial charge in [-0.1, -0.05) is 11.6 Å².